The molecule has 0 radical (unpaired) electrons. The van der Waals surface area contributed by atoms with E-state index in [-0.39, 0.29) is 12.0 Å². The standard InChI is InChI=1S/C12H18N4OS/c1-4-10(13)7(2)12-15-11(16-17-12)5-9-6-18-8(3)14-9/h6-7,10H,4-5,13H2,1-3H3. The van der Waals surface area contributed by atoms with Crippen molar-refractivity contribution >= 4 is 11.3 Å². The van der Waals surface area contributed by atoms with Crippen LogP contribution in [-0.2, 0) is 6.42 Å². The highest BCUT2D eigenvalue weighted by Crippen LogP contribution is 2.19. The Kier molecular flexibility index (Phi) is 4.08. The first-order valence-corrected chi connectivity index (χ1v) is 6.97. The van der Waals surface area contributed by atoms with E-state index in [2.05, 4.69) is 22.0 Å². The van der Waals surface area contributed by atoms with Crippen LogP contribution in [0.1, 0.15) is 48.6 Å². The molecular formula is C12H18N4OS. The third-order valence-electron chi connectivity index (χ3n) is 2.99. The fraction of sp³-hybridized carbons (Fsp3) is 0.583. The van der Waals surface area contributed by atoms with Gasteiger partial charge in [-0.1, -0.05) is 19.0 Å². The first-order valence-electron chi connectivity index (χ1n) is 6.09. The van der Waals surface area contributed by atoms with Gasteiger partial charge in [0.15, 0.2) is 5.82 Å². The van der Waals surface area contributed by atoms with Crippen LogP contribution < -0.4 is 5.73 Å². The highest BCUT2D eigenvalue weighted by molar-refractivity contribution is 7.09. The molecule has 0 aromatic carbocycles. The van der Waals surface area contributed by atoms with Gasteiger partial charge in [0.05, 0.1) is 23.0 Å². The Morgan fingerprint density at radius 2 is 2.22 bits per heavy atom. The zero-order valence-electron chi connectivity index (χ0n) is 10.9. The van der Waals surface area contributed by atoms with Crippen molar-refractivity contribution in [2.45, 2.75) is 45.6 Å². The van der Waals surface area contributed by atoms with Gasteiger partial charge >= 0.3 is 0 Å². The summed E-state index contributed by atoms with van der Waals surface area (Å²) in [7, 11) is 0. The summed E-state index contributed by atoms with van der Waals surface area (Å²) in [6, 6.07) is 0.0554. The van der Waals surface area contributed by atoms with Gasteiger partial charge in [0.25, 0.3) is 0 Å². The Morgan fingerprint density at radius 3 is 2.83 bits per heavy atom. The van der Waals surface area contributed by atoms with Crippen molar-refractivity contribution in [2.75, 3.05) is 0 Å². The van der Waals surface area contributed by atoms with E-state index in [0.717, 1.165) is 17.1 Å². The number of aryl methyl sites for hydroxylation is 1. The first kappa shape index (κ1) is 13.2. The van der Waals surface area contributed by atoms with Gasteiger partial charge in [-0.05, 0) is 13.3 Å². The van der Waals surface area contributed by atoms with E-state index in [4.69, 9.17) is 10.3 Å². The highest BCUT2D eigenvalue weighted by atomic mass is 32.1. The molecule has 2 aromatic heterocycles. The number of hydrogen-bond donors (Lipinski definition) is 1. The smallest absolute Gasteiger partial charge is 0.231 e. The maximum Gasteiger partial charge on any atom is 0.231 e. The molecule has 0 bridgehead atoms. The number of rotatable bonds is 5. The summed E-state index contributed by atoms with van der Waals surface area (Å²) in [4.78, 5) is 8.77. The number of nitrogens with two attached hydrogens (primary N) is 1. The van der Waals surface area contributed by atoms with Crippen LogP contribution in [0.4, 0.5) is 0 Å². The number of nitrogens with zero attached hydrogens (tertiary/aromatic N) is 3. The van der Waals surface area contributed by atoms with Gasteiger partial charge in [-0.2, -0.15) is 4.98 Å². The minimum atomic E-state index is 0.0554. The minimum absolute atomic E-state index is 0.0554. The van der Waals surface area contributed by atoms with Crippen molar-refractivity contribution in [3.05, 3.63) is 27.8 Å². The molecule has 2 rings (SSSR count). The molecule has 0 aliphatic heterocycles. The van der Waals surface area contributed by atoms with Crippen LogP contribution in [0.15, 0.2) is 9.90 Å². The van der Waals surface area contributed by atoms with Gasteiger partial charge in [0.1, 0.15) is 0 Å². The van der Waals surface area contributed by atoms with Crippen molar-refractivity contribution in [3.63, 3.8) is 0 Å². The molecule has 2 atom stereocenters. The predicted octanol–water partition coefficient (Wildman–Crippen LogP) is 2.27. The number of hydrogen-bond acceptors (Lipinski definition) is 6. The Balaban J connectivity index is 2.06. The van der Waals surface area contributed by atoms with Gasteiger partial charge in [-0.25, -0.2) is 4.98 Å². The van der Waals surface area contributed by atoms with E-state index >= 15 is 0 Å². The molecule has 2 N–H and O–H groups in total. The van der Waals surface area contributed by atoms with Gasteiger partial charge in [-0.15, -0.1) is 11.3 Å². The normalized spacial score (nSPS) is 14.7. The zero-order chi connectivity index (χ0) is 13.1. The van der Waals surface area contributed by atoms with E-state index in [1.807, 2.05) is 19.2 Å². The largest absolute Gasteiger partial charge is 0.339 e. The van der Waals surface area contributed by atoms with Crippen LogP contribution in [-0.4, -0.2) is 21.2 Å². The second-order valence-corrected chi connectivity index (χ2v) is 5.51. The molecule has 6 heteroatoms. The molecule has 5 nitrogen and oxygen atoms in total. The predicted molar refractivity (Wildman–Crippen MR) is 70.6 cm³/mol. The van der Waals surface area contributed by atoms with E-state index < -0.39 is 0 Å². The minimum Gasteiger partial charge on any atom is -0.339 e. The second-order valence-electron chi connectivity index (χ2n) is 4.44. The lowest BCUT2D eigenvalue weighted by molar-refractivity contribution is 0.337. The first-order chi connectivity index (χ1) is 8.60. The van der Waals surface area contributed by atoms with E-state index in [0.29, 0.717) is 18.1 Å². The van der Waals surface area contributed by atoms with Gasteiger partial charge in [0.2, 0.25) is 5.89 Å². The lowest BCUT2D eigenvalue weighted by atomic mass is 10.0. The molecular weight excluding hydrogens is 248 g/mol. The fourth-order valence-corrected chi connectivity index (χ4v) is 2.32. The molecule has 0 aliphatic rings. The van der Waals surface area contributed by atoms with Crippen LogP contribution in [0.5, 0.6) is 0 Å². The average molecular weight is 266 g/mol. The zero-order valence-corrected chi connectivity index (χ0v) is 11.7. The quantitative estimate of drug-likeness (QED) is 0.898. The molecule has 0 fully saturated rings. The van der Waals surface area contributed by atoms with Gasteiger partial charge < -0.3 is 10.3 Å². The summed E-state index contributed by atoms with van der Waals surface area (Å²) in [6.45, 7) is 6.05. The van der Waals surface area contributed by atoms with Crippen molar-refractivity contribution in [2.24, 2.45) is 5.73 Å². The summed E-state index contributed by atoms with van der Waals surface area (Å²) >= 11 is 1.63. The fourth-order valence-electron chi connectivity index (χ4n) is 1.71. The Bertz CT molecular complexity index is 508. The van der Waals surface area contributed by atoms with Crippen LogP contribution in [0.25, 0.3) is 0 Å². The monoisotopic (exact) mass is 266 g/mol. The molecule has 18 heavy (non-hydrogen) atoms. The third kappa shape index (κ3) is 2.94. The van der Waals surface area contributed by atoms with Crippen molar-refractivity contribution in [1.82, 2.24) is 15.1 Å². The lowest BCUT2D eigenvalue weighted by Crippen LogP contribution is -2.25. The molecule has 0 spiro atoms. The third-order valence-corrected chi connectivity index (χ3v) is 3.82. The van der Waals surface area contributed by atoms with Crippen LogP contribution in [0.3, 0.4) is 0 Å². The molecule has 0 saturated carbocycles. The Hall–Kier alpha value is -1.27. The van der Waals surface area contributed by atoms with Gasteiger partial charge in [0, 0.05) is 11.4 Å². The topological polar surface area (TPSA) is 77.8 Å². The summed E-state index contributed by atoms with van der Waals surface area (Å²) < 4.78 is 5.26. The summed E-state index contributed by atoms with van der Waals surface area (Å²) in [5.41, 5.74) is 6.96. The van der Waals surface area contributed by atoms with Crippen molar-refractivity contribution in [1.29, 1.82) is 0 Å². The SMILES string of the molecule is CCC(N)C(C)c1nc(Cc2csc(C)n2)no1. The molecule has 0 aliphatic carbocycles. The Morgan fingerprint density at radius 1 is 1.44 bits per heavy atom. The molecule has 2 unspecified atom stereocenters. The number of aromatic nitrogens is 3. The molecule has 0 amide bonds. The van der Waals surface area contributed by atoms with E-state index in [1.165, 1.54) is 0 Å². The average Bonchev–Trinajstić information content (AvgIpc) is 2.97. The summed E-state index contributed by atoms with van der Waals surface area (Å²) in [5.74, 6) is 1.38. The molecule has 98 valence electrons. The Labute approximate surface area is 110 Å². The van der Waals surface area contributed by atoms with Crippen molar-refractivity contribution in [3.8, 4) is 0 Å². The molecule has 2 aromatic rings. The maximum atomic E-state index is 5.98. The van der Waals surface area contributed by atoms with Crippen LogP contribution in [0.2, 0.25) is 0 Å². The molecule has 0 saturated heterocycles. The van der Waals surface area contributed by atoms with Gasteiger partial charge in [-0.3, -0.25) is 0 Å². The summed E-state index contributed by atoms with van der Waals surface area (Å²) in [6.07, 6.45) is 1.51. The van der Waals surface area contributed by atoms with Crippen LogP contribution >= 0.6 is 11.3 Å². The second kappa shape index (κ2) is 5.58. The number of thiazole rings is 1. The lowest BCUT2D eigenvalue weighted by Gasteiger charge is -2.13. The van der Waals surface area contributed by atoms with Crippen molar-refractivity contribution < 1.29 is 4.52 Å². The van der Waals surface area contributed by atoms with E-state index in [9.17, 15) is 0 Å². The van der Waals surface area contributed by atoms with E-state index in [1.54, 1.807) is 11.3 Å². The van der Waals surface area contributed by atoms with Crippen LogP contribution in [0, 0.1) is 6.92 Å². The summed E-state index contributed by atoms with van der Waals surface area (Å²) in [5, 5.41) is 7.05. The molecule has 2 heterocycles. The highest BCUT2D eigenvalue weighted by Gasteiger charge is 2.20. The maximum absolute atomic E-state index is 5.98.